The number of fused-ring (bicyclic) bond motifs is 1. The van der Waals surface area contributed by atoms with Gasteiger partial charge in [-0.15, -0.1) is 0 Å². The molecular formula is C9H4Cl3N5O2. The number of phenolic OH excluding ortho intramolecular Hbond substituents is 1. The van der Waals surface area contributed by atoms with Crippen LogP contribution in [0.15, 0.2) is 25.7 Å². The number of benzene rings is 1. The van der Waals surface area contributed by atoms with Crippen LogP contribution in [0.25, 0.3) is 0 Å². The highest BCUT2D eigenvalue weighted by atomic mass is 35.5. The third kappa shape index (κ3) is 2.03. The van der Waals surface area contributed by atoms with E-state index >= 15 is 0 Å². The Hall–Kier alpha value is -1.44. The number of ether oxygens (including phenoxy) is 1. The number of guanidine groups is 1. The highest BCUT2D eigenvalue weighted by Gasteiger charge is 2.32. The van der Waals surface area contributed by atoms with Crippen molar-refractivity contribution in [3.8, 4) is 11.5 Å². The lowest BCUT2D eigenvalue weighted by Crippen LogP contribution is -2.11. The normalized spacial score (nSPS) is 19.7. The second kappa shape index (κ2) is 4.59. The maximum Gasteiger partial charge on any atom is 0.290 e. The number of aromatic hydroxyl groups is 1. The molecule has 1 aromatic rings. The van der Waals surface area contributed by atoms with E-state index in [0.717, 1.165) is 0 Å². The summed E-state index contributed by atoms with van der Waals surface area (Å²) in [6.07, 6.45) is -0.304. The van der Waals surface area contributed by atoms with Crippen molar-refractivity contribution in [1.82, 2.24) is 0 Å². The number of phenols is 1. The van der Waals surface area contributed by atoms with Gasteiger partial charge in [0.15, 0.2) is 12.0 Å². The first-order chi connectivity index (χ1) is 9.08. The number of hydrogen-bond acceptors (Lipinski definition) is 5. The van der Waals surface area contributed by atoms with Gasteiger partial charge >= 0.3 is 0 Å². The predicted octanol–water partition coefficient (Wildman–Crippen LogP) is 3.80. The molecular weight excluding hydrogens is 316 g/mol. The molecule has 0 aliphatic carbocycles. The monoisotopic (exact) mass is 319 g/mol. The molecule has 0 radical (unpaired) electrons. The first kappa shape index (κ1) is 12.6. The van der Waals surface area contributed by atoms with Gasteiger partial charge < -0.3 is 9.84 Å². The van der Waals surface area contributed by atoms with Crippen LogP contribution in [0.1, 0.15) is 5.56 Å². The number of aliphatic imine (C=N–C) groups is 1. The number of halogens is 3. The second-order valence-corrected chi connectivity index (χ2v) is 4.82. The van der Waals surface area contributed by atoms with E-state index in [9.17, 15) is 5.11 Å². The Labute approximate surface area is 121 Å². The topological polar surface area (TPSA) is 91.3 Å². The molecule has 0 spiro atoms. The van der Waals surface area contributed by atoms with Crippen molar-refractivity contribution in [3.05, 3.63) is 20.6 Å². The zero-order chi connectivity index (χ0) is 13.6. The zero-order valence-electron chi connectivity index (χ0n) is 9.01. The average molecular weight is 321 g/mol. The summed E-state index contributed by atoms with van der Waals surface area (Å²) in [4.78, 5) is 4.06. The summed E-state index contributed by atoms with van der Waals surface area (Å²) in [6, 6.07) is 0. The first-order valence-corrected chi connectivity index (χ1v) is 6.16. The number of rotatable bonds is 1. The molecule has 10 heteroatoms. The molecule has 0 aromatic heterocycles. The fourth-order valence-corrected chi connectivity index (χ4v) is 2.46. The molecule has 1 N–H and O–H groups in total. The molecule has 0 saturated carbocycles. The summed E-state index contributed by atoms with van der Waals surface area (Å²) in [5.41, 5.74) is 0.537. The molecule has 0 saturated heterocycles. The summed E-state index contributed by atoms with van der Waals surface area (Å²) in [5, 5.41) is 23.6. The molecule has 1 atom stereocenters. The van der Waals surface area contributed by atoms with Gasteiger partial charge in [-0.25, -0.2) is 4.99 Å². The Morgan fingerprint density at radius 2 is 1.79 bits per heavy atom. The van der Waals surface area contributed by atoms with Crippen molar-refractivity contribution in [3.63, 3.8) is 0 Å². The predicted molar refractivity (Wildman–Crippen MR) is 68.4 cm³/mol. The van der Waals surface area contributed by atoms with Gasteiger partial charge in [0.05, 0.1) is 5.02 Å². The molecule has 19 heavy (non-hydrogen) atoms. The molecule has 2 aliphatic heterocycles. The Morgan fingerprint density at radius 3 is 2.47 bits per heavy atom. The van der Waals surface area contributed by atoms with Crippen LogP contribution in [0.2, 0.25) is 15.1 Å². The number of hydrogen-bond donors (Lipinski definition) is 1. The maximum atomic E-state index is 9.72. The van der Waals surface area contributed by atoms with Crippen LogP contribution in [0.4, 0.5) is 0 Å². The van der Waals surface area contributed by atoms with Crippen molar-refractivity contribution in [2.75, 3.05) is 0 Å². The summed E-state index contributed by atoms with van der Waals surface area (Å²) in [6.45, 7) is 0. The van der Waals surface area contributed by atoms with Crippen molar-refractivity contribution < 1.29 is 9.84 Å². The van der Waals surface area contributed by atoms with Crippen LogP contribution in [0.5, 0.6) is 11.5 Å². The fraction of sp³-hybridized carbons (Fsp3) is 0.222. The summed E-state index contributed by atoms with van der Waals surface area (Å²) in [5.74, 6) is 0.125. The van der Waals surface area contributed by atoms with E-state index in [0.29, 0.717) is 17.7 Å². The van der Waals surface area contributed by atoms with E-state index in [1.165, 1.54) is 0 Å². The molecule has 3 rings (SSSR count). The Kier molecular flexibility index (Phi) is 3.04. The van der Waals surface area contributed by atoms with Crippen molar-refractivity contribution in [1.29, 1.82) is 0 Å². The standard InChI is InChI=1S/C9H4Cl3N5O2/c10-4-2-1-3(13-9-14-16-17-15-9)19-8(2)6(12)5(11)7(4)18/h3,18H,1H2. The van der Waals surface area contributed by atoms with Crippen LogP contribution >= 0.6 is 34.8 Å². The highest BCUT2D eigenvalue weighted by molar-refractivity contribution is 6.46. The highest BCUT2D eigenvalue weighted by Crippen LogP contribution is 2.50. The summed E-state index contributed by atoms with van der Waals surface area (Å²) >= 11 is 17.8. The van der Waals surface area contributed by atoms with Crippen LogP contribution in [-0.4, -0.2) is 17.3 Å². The van der Waals surface area contributed by atoms with Crippen LogP contribution < -0.4 is 4.74 Å². The quantitative estimate of drug-likeness (QED) is 0.797. The minimum absolute atomic E-state index is 0.0565. The molecule has 98 valence electrons. The summed E-state index contributed by atoms with van der Waals surface area (Å²) < 4.78 is 5.51. The average Bonchev–Trinajstić information content (AvgIpc) is 3.04. The van der Waals surface area contributed by atoms with Crippen LogP contribution in [0, 0.1) is 0 Å². The lowest BCUT2D eigenvalue weighted by molar-refractivity contribution is 0.244. The van der Waals surface area contributed by atoms with Gasteiger partial charge in [-0.1, -0.05) is 45.0 Å². The van der Waals surface area contributed by atoms with Crippen molar-refractivity contribution in [2.45, 2.75) is 12.6 Å². The smallest absolute Gasteiger partial charge is 0.290 e. The molecule has 2 heterocycles. The molecule has 1 unspecified atom stereocenters. The molecule has 0 bridgehead atoms. The van der Waals surface area contributed by atoms with Gasteiger partial charge in [-0.3, -0.25) is 0 Å². The summed E-state index contributed by atoms with van der Waals surface area (Å²) in [7, 11) is 0. The minimum atomic E-state index is -0.617. The van der Waals surface area contributed by atoms with Gasteiger partial charge in [0.25, 0.3) is 5.96 Å². The Bertz CT molecular complexity index is 607. The lowest BCUT2D eigenvalue weighted by atomic mass is 10.1. The van der Waals surface area contributed by atoms with Gasteiger partial charge in [-0.2, -0.15) is 0 Å². The molecule has 7 nitrogen and oxygen atoms in total. The molecule has 0 fully saturated rings. The zero-order valence-corrected chi connectivity index (χ0v) is 11.3. The molecule has 2 aliphatic rings. The van der Waals surface area contributed by atoms with Crippen molar-refractivity contribution in [2.24, 2.45) is 25.7 Å². The lowest BCUT2D eigenvalue weighted by Gasteiger charge is -2.08. The van der Waals surface area contributed by atoms with E-state index in [4.69, 9.17) is 39.5 Å². The van der Waals surface area contributed by atoms with E-state index in [2.05, 4.69) is 25.7 Å². The molecule has 0 amide bonds. The molecule has 1 aromatic carbocycles. The van der Waals surface area contributed by atoms with Gasteiger partial charge in [0.2, 0.25) is 0 Å². The minimum Gasteiger partial charge on any atom is -0.505 e. The maximum absolute atomic E-state index is 9.72. The van der Waals surface area contributed by atoms with E-state index in [1.54, 1.807) is 0 Å². The van der Waals surface area contributed by atoms with E-state index in [1.807, 2.05) is 0 Å². The van der Waals surface area contributed by atoms with Crippen molar-refractivity contribution >= 4 is 40.8 Å². The third-order valence-electron chi connectivity index (χ3n) is 2.55. The fourth-order valence-electron chi connectivity index (χ4n) is 1.72. The van der Waals surface area contributed by atoms with E-state index < -0.39 is 6.23 Å². The Balaban J connectivity index is 1.98. The third-order valence-corrected chi connectivity index (χ3v) is 3.78. The van der Waals surface area contributed by atoms with Gasteiger partial charge in [0, 0.05) is 12.0 Å². The van der Waals surface area contributed by atoms with Gasteiger partial charge in [-0.05, 0) is 10.4 Å². The van der Waals surface area contributed by atoms with Gasteiger partial charge in [0.1, 0.15) is 15.8 Å². The Morgan fingerprint density at radius 1 is 1.11 bits per heavy atom. The number of nitrogens with zero attached hydrogens (tertiary/aromatic N) is 5. The largest absolute Gasteiger partial charge is 0.505 e. The SMILES string of the molecule is Oc1c(Cl)c(Cl)c2c(c1Cl)CC(N=C1N=NN=N1)O2. The first-order valence-electron chi connectivity index (χ1n) is 5.02. The van der Waals surface area contributed by atoms with Crippen LogP contribution in [0.3, 0.4) is 0 Å². The van der Waals surface area contributed by atoms with E-state index in [-0.39, 0.29) is 26.8 Å². The second-order valence-electron chi connectivity index (χ2n) is 3.68. The van der Waals surface area contributed by atoms with Crippen LogP contribution in [-0.2, 0) is 6.42 Å².